The van der Waals surface area contributed by atoms with Crippen LogP contribution in [0.25, 0.3) is 0 Å². The van der Waals surface area contributed by atoms with Crippen LogP contribution in [0.2, 0.25) is 0 Å². The summed E-state index contributed by atoms with van der Waals surface area (Å²) in [6, 6.07) is 0. The number of aromatic nitrogens is 2. The predicted octanol–water partition coefficient (Wildman–Crippen LogP) is 1.29. The second-order valence-corrected chi connectivity index (χ2v) is 5.26. The van der Waals surface area contributed by atoms with Gasteiger partial charge in [-0.05, 0) is 37.2 Å². The molecule has 5 heteroatoms. The number of nitrogens with zero attached hydrogens (tertiary/aromatic N) is 2. The average molecular weight is 265 g/mol. The summed E-state index contributed by atoms with van der Waals surface area (Å²) in [6.07, 6.45) is 8.61. The van der Waals surface area contributed by atoms with E-state index in [1.54, 1.807) is 4.68 Å². The number of hydrogen-bond acceptors (Lipinski definition) is 3. The van der Waals surface area contributed by atoms with Gasteiger partial charge in [0.05, 0.1) is 6.20 Å². The van der Waals surface area contributed by atoms with Crippen molar-refractivity contribution in [1.82, 2.24) is 15.1 Å². The number of carbonyl (C=O) groups excluding carboxylic acids is 1. The maximum Gasteiger partial charge on any atom is 0.220 e. The summed E-state index contributed by atoms with van der Waals surface area (Å²) >= 11 is 0. The standard InChI is InChI=1S/C14H23N3O2/c1-17-10-13(9-16-17)4-2-6-15-14(18)8-12-5-3-7-19-11-12/h9-10,12H,2-8,11H2,1H3,(H,15,18)/t12-/m0/s1. The van der Waals surface area contributed by atoms with Gasteiger partial charge in [0.2, 0.25) is 5.91 Å². The Labute approximate surface area is 114 Å². The van der Waals surface area contributed by atoms with Crippen molar-refractivity contribution in [2.45, 2.75) is 32.1 Å². The van der Waals surface area contributed by atoms with Crippen molar-refractivity contribution in [3.63, 3.8) is 0 Å². The maximum absolute atomic E-state index is 11.7. The van der Waals surface area contributed by atoms with Crippen LogP contribution in [-0.4, -0.2) is 35.4 Å². The third-order valence-corrected chi connectivity index (χ3v) is 3.45. The molecular weight excluding hydrogens is 242 g/mol. The molecule has 1 aromatic rings. The van der Waals surface area contributed by atoms with Crippen LogP contribution in [0.5, 0.6) is 0 Å². The van der Waals surface area contributed by atoms with Crippen molar-refractivity contribution in [3.8, 4) is 0 Å². The van der Waals surface area contributed by atoms with Gasteiger partial charge in [0.1, 0.15) is 0 Å². The van der Waals surface area contributed by atoms with Crippen LogP contribution < -0.4 is 5.32 Å². The van der Waals surface area contributed by atoms with Crippen LogP contribution in [0.15, 0.2) is 12.4 Å². The highest BCUT2D eigenvalue weighted by Crippen LogP contribution is 2.16. The lowest BCUT2D eigenvalue weighted by atomic mass is 9.98. The molecule has 0 saturated carbocycles. The first-order valence-electron chi connectivity index (χ1n) is 7.06. The van der Waals surface area contributed by atoms with E-state index in [4.69, 9.17) is 4.74 Å². The number of aryl methyl sites for hydroxylation is 2. The molecule has 106 valence electrons. The highest BCUT2D eigenvalue weighted by molar-refractivity contribution is 5.76. The van der Waals surface area contributed by atoms with Crippen LogP contribution >= 0.6 is 0 Å². The molecule has 1 saturated heterocycles. The molecule has 0 unspecified atom stereocenters. The van der Waals surface area contributed by atoms with E-state index >= 15 is 0 Å². The predicted molar refractivity (Wildman–Crippen MR) is 72.7 cm³/mol. The summed E-state index contributed by atoms with van der Waals surface area (Å²) in [4.78, 5) is 11.7. The molecule has 5 nitrogen and oxygen atoms in total. The molecule has 1 aliphatic rings. The fraction of sp³-hybridized carbons (Fsp3) is 0.714. The molecule has 1 amide bonds. The highest BCUT2D eigenvalue weighted by Gasteiger charge is 2.17. The molecule has 0 aromatic carbocycles. The number of ether oxygens (including phenoxy) is 1. The molecule has 0 bridgehead atoms. The van der Waals surface area contributed by atoms with Crippen LogP contribution in [0.1, 0.15) is 31.2 Å². The molecule has 1 aromatic heterocycles. The van der Waals surface area contributed by atoms with Crippen LogP contribution in [0.3, 0.4) is 0 Å². The van der Waals surface area contributed by atoms with Crippen LogP contribution in [-0.2, 0) is 23.0 Å². The monoisotopic (exact) mass is 265 g/mol. The second kappa shape index (κ2) is 7.28. The molecule has 1 N–H and O–H groups in total. The Balaban J connectivity index is 1.56. The first-order valence-corrected chi connectivity index (χ1v) is 7.06. The Bertz CT molecular complexity index is 397. The fourth-order valence-corrected chi connectivity index (χ4v) is 2.42. The van der Waals surface area contributed by atoms with Crippen molar-refractivity contribution in [1.29, 1.82) is 0 Å². The summed E-state index contributed by atoms with van der Waals surface area (Å²) in [6.45, 7) is 2.33. The Morgan fingerprint density at radius 3 is 3.21 bits per heavy atom. The molecule has 2 heterocycles. The molecule has 0 spiro atoms. The third-order valence-electron chi connectivity index (χ3n) is 3.45. The molecule has 1 fully saturated rings. The van der Waals surface area contributed by atoms with Crippen molar-refractivity contribution in [2.24, 2.45) is 13.0 Å². The highest BCUT2D eigenvalue weighted by atomic mass is 16.5. The van der Waals surface area contributed by atoms with Gasteiger partial charge >= 0.3 is 0 Å². The topological polar surface area (TPSA) is 56.2 Å². The third kappa shape index (κ3) is 5.03. The Morgan fingerprint density at radius 1 is 1.63 bits per heavy atom. The Kier molecular flexibility index (Phi) is 5.39. The van der Waals surface area contributed by atoms with Gasteiger partial charge in [0, 0.05) is 39.4 Å². The van der Waals surface area contributed by atoms with E-state index in [1.165, 1.54) is 5.56 Å². The van der Waals surface area contributed by atoms with Crippen LogP contribution in [0, 0.1) is 5.92 Å². The minimum absolute atomic E-state index is 0.154. The van der Waals surface area contributed by atoms with Crippen molar-refractivity contribution < 1.29 is 9.53 Å². The van der Waals surface area contributed by atoms with Gasteiger partial charge in [0.15, 0.2) is 0 Å². The Morgan fingerprint density at radius 2 is 2.53 bits per heavy atom. The van der Waals surface area contributed by atoms with E-state index in [0.29, 0.717) is 12.3 Å². The minimum atomic E-state index is 0.154. The van der Waals surface area contributed by atoms with E-state index in [9.17, 15) is 4.79 Å². The number of amides is 1. The number of carbonyl (C=O) groups is 1. The van der Waals surface area contributed by atoms with Crippen LogP contribution in [0.4, 0.5) is 0 Å². The van der Waals surface area contributed by atoms with Gasteiger partial charge in [-0.25, -0.2) is 0 Å². The number of rotatable bonds is 6. The minimum Gasteiger partial charge on any atom is -0.381 e. The number of nitrogens with one attached hydrogen (secondary N) is 1. The maximum atomic E-state index is 11.7. The molecule has 0 radical (unpaired) electrons. The van der Waals surface area contributed by atoms with Gasteiger partial charge in [0.25, 0.3) is 0 Å². The molecule has 1 atom stereocenters. The van der Waals surface area contributed by atoms with Gasteiger partial charge in [-0.2, -0.15) is 5.10 Å². The van der Waals surface area contributed by atoms with Crippen molar-refractivity contribution in [2.75, 3.05) is 19.8 Å². The van der Waals surface area contributed by atoms with Gasteiger partial charge < -0.3 is 10.1 Å². The van der Waals surface area contributed by atoms with E-state index < -0.39 is 0 Å². The first-order chi connectivity index (χ1) is 9.24. The average Bonchev–Trinajstić information content (AvgIpc) is 2.82. The van der Waals surface area contributed by atoms with E-state index in [0.717, 1.165) is 45.4 Å². The summed E-state index contributed by atoms with van der Waals surface area (Å²) in [5.41, 5.74) is 1.22. The lowest BCUT2D eigenvalue weighted by molar-refractivity contribution is -0.123. The lowest BCUT2D eigenvalue weighted by Gasteiger charge is -2.21. The van der Waals surface area contributed by atoms with Gasteiger partial charge in [-0.1, -0.05) is 0 Å². The van der Waals surface area contributed by atoms with Crippen molar-refractivity contribution in [3.05, 3.63) is 18.0 Å². The zero-order valence-corrected chi connectivity index (χ0v) is 11.6. The molecule has 2 rings (SSSR count). The molecular formula is C14H23N3O2. The zero-order chi connectivity index (χ0) is 13.5. The summed E-state index contributed by atoms with van der Waals surface area (Å²) in [5.74, 6) is 0.564. The van der Waals surface area contributed by atoms with E-state index in [1.807, 2.05) is 19.4 Å². The molecule has 0 aliphatic carbocycles. The zero-order valence-electron chi connectivity index (χ0n) is 11.6. The molecule has 19 heavy (non-hydrogen) atoms. The summed E-state index contributed by atoms with van der Waals surface area (Å²) in [7, 11) is 1.91. The SMILES string of the molecule is Cn1cc(CCCNC(=O)C[C@@H]2CCCOC2)cn1. The lowest BCUT2D eigenvalue weighted by Crippen LogP contribution is -2.29. The van der Waals surface area contributed by atoms with Gasteiger partial charge in [-0.3, -0.25) is 9.48 Å². The Hall–Kier alpha value is -1.36. The smallest absolute Gasteiger partial charge is 0.220 e. The fourth-order valence-electron chi connectivity index (χ4n) is 2.42. The summed E-state index contributed by atoms with van der Waals surface area (Å²) < 4.78 is 7.18. The van der Waals surface area contributed by atoms with Crippen molar-refractivity contribution >= 4 is 5.91 Å². The quantitative estimate of drug-likeness (QED) is 0.788. The van der Waals surface area contributed by atoms with E-state index in [2.05, 4.69) is 10.4 Å². The summed E-state index contributed by atoms with van der Waals surface area (Å²) in [5, 5.41) is 7.11. The van der Waals surface area contributed by atoms with Gasteiger partial charge in [-0.15, -0.1) is 0 Å². The normalized spacial score (nSPS) is 19.3. The largest absolute Gasteiger partial charge is 0.381 e. The number of hydrogen-bond donors (Lipinski definition) is 1. The second-order valence-electron chi connectivity index (χ2n) is 5.26. The molecule has 1 aliphatic heterocycles. The first kappa shape index (κ1) is 14.1. The van der Waals surface area contributed by atoms with E-state index in [-0.39, 0.29) is 5.91 Å².